The Morgan fingerprint density at radius 2 is 2.33 bits per heavy atom. The Morgan fingerprint density at radius 3 is 2.83 bits per heavy atom. The van der Waals surface area contributed by atoms with Gasteiger partial charge in [-0.05, 0) is 13.0 Å². The lowest BCUT2D eigenvalue weighted by atomic mass is 10.2. The third-order valence-corrected chi connectivity index (χ3v) is 2.87. The van der Waals surface area contributed by atoms with Gasteiger partial charge in [-0.3, -0.25) is 4.79 Å². The SMILES string of the molecule is Cc1nc(/C=C/C(=O)N[C@H](CCO)C(=O)O)cs1. The van der Waals surface area contributed by atoms with Crippen molar-refractivity contribution in [1.29, 1.82) is 0 Å². The number of aryl methyl sites for hydroxylation is 1. The van der Waals surface area contributed by atoms with Crippen LogP contribution in [0.4, 0.5) is 0 Å². The number of aliphatic hydroxyl groups excluding tert-OH is 1. The molecule has 0 aliphatic rings. The highest BCUT2D eigenvalue weighted by atomic mass is 32.1. The van der Waals surface area contributed by atoms with E-state index in [1.165, 1.54) is 23.5 Å². The summed E-state index contributed by atoms with van der Waals surface area (Å²) in [5.74, 6) is -1.70. The van der Waals surface area contributed by atoms with Crippen LogP contribution in [0.5, 0.6) is 0 Å². The van der Waals surface area contributed by atoms with Gasteiger partial charge < -0.3 is 15.5 Å². The molecule has 98 valence electrons. The summed E-state index contributed by atoms with van der Waals surface area (Å²) >= 11 is 1.46. The van der Waals surface area contributed by atoms with Crippen molar-refractivity contribution < 1.29 is 19.8 Å². The van der Waals surface area contributed by atoms with Gasteiger partial charge in [0.15, 0.2) is 0 Å². The molecule has 0 aliphatic heterocycles. The predicted octanol–water partition coefficient (Wildman–Crippen LogP) is 0.417. The lowest BCUT2D eigenvalue weighted by molar-refractivity contribution is -0.141. The molecular formula is C11H14N2O4S. The van der Waals surface area contributed by atoms with Crippen LogP contribution < -0.4 is 5.32 Å². The Hall–Kier alpha value is -1.73. The summed E-state index contributed by atoms with van der Waals surface area (Å²) in [5, 5.41) is 22.4. The Balaban J connectivity index is 2.54. The monoisotopic (exact) mass is 270 g/mol. The molecule has 1 amide bonds. The summed E-state index contributed by atoms with van der Waals surface area (Å²) in [5.41, 5.74) is 0.654. The molecule has 0 saturated heterocycles. The number of carbonyl (C=O) groups is 2. The first-order valence-electron chi connectivity index (χ1n) is 5.27. The van der Waals surface area contributed by atoms with E-state index >= 15 is 0 Å². The second-order valence-corrected chi connectivity index (χ2v) is 4.60. The second kappa shape index (κ2) is 6.87. The predicted molar refractivity (Wildman–Crippen MR) is 67.2 cm³/mol. The van der Waals surface area contributed by atoms with Gasteiger partial charge in [-0.25, -0.2) is 9.78 Å². The fourth-order valence-electron chi connectivity index (χ4n) is 1.22. The van der Waals surface area contributed by atoms with E-state index in [1.54, 1.807) is 5.38 Å². The first-order chi connectivity index (χ1) is 8.52. The topological polar surface area (TPSA) is 99.5 Å². The molecule has 1 aromatic heterocycles. The highest BCUT2D eigenvalue weighted by Crippen LogP contribution is 2.08. The maximum Gasteiger partial charge on any atom is 0.326 e. The number of hydrogen-bond acceptors (Lipinski definition) is 5. The first kappa shape index (κ1) is 14.3. The number of rotatable bonds is 6. The Kier molecular flexibility index (Phi) is 5.47. The van der Waals surface area contributed by atoms with Gasteiger partial charge in [0.05, 0.1) is 10.7 Å². The number of amides is 1. The number of hydrogen-bond donors (Lipinski definition) is 3. The molecule has 0 fully saturated rings. The van der Waals surface area contributed by atoms with Gasteiger partial charge in [0.25, 0.3) is 0 Å². The Morgan fingerprint density at radius 1 is 1.61 bits per heavy atom. The number of aliphatic hydroxyl groups is 1. The summed E-state index contributed by atoms with van der Waals surface area (Å²) < 4.78 is 0. The average Bonchev–Trinajstić information content (AvgIpc) is 2.72. The third-order valence-electron chi connectivity index (χ3n) is 2.07. The van der Waals surface area contributed by atoms with Crippen LogP contribution in [0.2, 0.25) is 0 Å². The highest BCUT2D eigenvalue weighted by molar-refractivity contribution is 7.09. The molecular weight excluding hydrogens is 256 g/mol. The lowest BCUT2D eigenvalue weighted by Gasteiger charge is -2.10. The molecule has 0 aromatic carbocycles. The van der Waals surface area contributed by atoms with Crippen molar-refractivity contribution in [1.82, 2.24) is 10.3 Å². The molecule has 0 unspecified atom stereocenters. The van der Waals surface area contributed by atoms with Gasteiger partial charge in [0, 0.05) is 24.5 Å². The smallest absolute Gasteiger partial charge is 0.326 e. The standard InChI is InChI=1S/C11H14N2O4S/c1-7-12-8(6-18-7)2-3-10(15)13-9(4-5-14)11(16)17/h2-3,6,9,14H,4-5H2,1H3,(H,13,15)(H,16,17)/b3-2+/t9-/m1/s1. The van der Waals surface area contributed by atoms with Crippen molar-refractivity contribution in [2.24, 2.45) is 0 Å². The largest absolute Gasteiger partial charge is 0.480 e. The van der Waals surface area contributed by atoms with Crippen molar-refractivity contribution >= 4 is 29.3 Å². The van der Waals surface area contributed by atoms with E-state index in [4.69, 9.17) is 10.2 Å². The minimum atomic E-state index is -1.17. The Bertz CT molecular complexity index is 456. The summed E-state index contributed by atoms with van der Waals surface area (Å²) in [7, 11) is 0. The van der Waals surface area contributed by atoms with Crippen molar-refractivity contribution in [3.8, 4) is 0 Å². The number of nitrogens with zero attached hydrogens (tertiary/aromatic N) is 1. The maximum atomic E-state index is 11.4. The summed E-state index contributed by atoms with van der Waals surface area (Å²) in [6, 6.07) is -1.08. The molecule has 18 heavy (non-hydrogen) atoms. The van der Waals surface area contributed by atoms with Crippen LogP contribution in [0.3, 0.4) is 0 Å². The van der Waals surface area contributed by atoms with E-state index < -0.39 is 17.9 Å². The molecule has 1 heterocycles. The second-order valence-electron chi connectivity index (χ2n) is 3.54. The number of aliphatic carboxylic acids is 1. The van der Waals surface area contributed by atoms with E-state index in [9.17, 15) is 9.59 Å². The molecule has 0 saturated carbocycles. The van der Waals surface area contributed by atoms with Gasteiger partial charge in [0.2, 0.25) is 5.91 Å². The number of aromatic nitrogens is 1. The maximum absolute atomic E-state index is 11.4. The zero-order valence-corrected chi connectivity index (χ0v) is 10.6. The number of carboxylic acid groups (broad SMARTS) is 1. The van der Waals surface area contributed by atoms with Crippen LogP contribution >= 0.6 is 11.3 Å². The zero-order valence-electron chi connectivity index (χ0n) is 9.79. The van der Waals surface area contributed by atoms with Gasteiger partial charge in [0.1, 0.15) is 6.04 Å². The van der Waals surface area contributed by atoms with Crippen molar-refractivity contribution in [3.05, 3.63) is 22.2 Å². The highest BCUT2D eigenvalue weighted by Gasteiger charge is 2.17. The summed E-state index contributed by atoms with van der Waals surface area (Å²) in [4.78, 5) is 26.3. The average molecular weight is 270 g/mol. The molecule has 0 spiro atoms. The summed E-state index contributed by atoms with van der Waals surface area (Å²) in [6.45, 7) is 1.55. The van der Waals surface area contributed by atoms with Crippen molar-refractivity contribution in [2.75, 3.05) is 6.61 Å². The quantitative estimate of drug-likeness (QED) is 0.650. The van der Waals surface area contributed by atoms with Gasteiger partial charge in [-0.2, -0.15) is 0 Å². The number of thiazole rings is 1. The number of nitrogens with one attached hydrogen (secondary N) is 1. The van der Waals surface area contributed by atoms with Crippen LogP contribution in [-0.4, -0.2) is 39.7 Å². The molecule has 1 aromatic rings. The Labute approximate surface area is 108 Å². The van der Waals surface area contributed by atoms with E-state index in [-0.39, 0.29) is 13.0 Å². The molecule has 0 aliphatic carbocycles. The van der Waals surface area contributed by atoms with Crippen molar-refractivity contribution in [2.45, 2.75) is 19.4 Å². The third kappa shape index (κ3) is 4.64. The van der Waals surface area contributed by atoms with Gasteiger partial charge in [-0.1, -0.05) is 0 Å². The van der Waals surface area contributed by atoms with Crippen LogP contribution in [0.1, 0.15) is 17.1 Å². The fourth-order valence-corrected chi connectivity index (χ4v) is 1.80. The molecule has 3 N–H and O–H groups in total. The molecule has 0 radical (unpaired) electrons. The fraction of sp³-hybridized carbons (Fsp3) is 0.364. The molecule has 1 atom stereocenters. The van der Waals surface area contributed by atoms with Crippen LogP contribution in [0, 0.1) is 6.92 Å². The van der Waals surface area contributed by atoms with Crippen LogP contribution in [0.15, 0.2) is 11.5 Å². The van der Waals surface area contributed by atoms with E-state index in [1.807, 2.05) is 6.92 Å². The molecule has 0 bridgehead atoms. The molecule has 6 nitrogen and oxygen atoms in total. The van der Waals surface area contributed by atoms with E-state index in [2.05, 4.69) is 10.3 Å². The molecule has 1 rings (SSSR count). The van der Waals surface area contributed by atoms with E-state index in [0.29, 0.717) is 5.69 Å². The molecule has 7 heteroatoms. The first-order valence-corrected chi connectivity index (χ1v) is 6.15. The van der Waals surface area contributed by atoms with Gasteiger partial charge >= 0.3 is 5.97 Å². The van der Waals surface area contributed by atoms with Crippen molar-refractivity contribution in [3.63, 3.8) is 0 Å². The minimum absolute atomic E-state index is 0.0231. The van der Waals surface area contributed by atoms with Crippen LogP contribution in [0.25, 0.3) is 6.08 Å². The van der Waals surface area contributed by atoms with Crippen LogP contribution in [-0.2, 0) is 9.59 Å². The number of carbonyl (C=O) groups excluding carboxylic acids is 1. The normalized spacial score (nSPS) is 12.6. The number of carboxylic acids is 1. The minimum Gasteiger partial charge on any atom is -0.480 e. The summed E-state index contributed by atoms with van der Waals surface area (Å²) in [6.07, 6.45) is 2.71. The zero-order chi connectivity index (χ0) is 13.5. The van der Waals surface area contributed by atoms with E-state index in [0.717, 1.165) is 5.01 Å². The van der Waals surface area contributed by atoms with Gasteiger partial charge in [-0.15, -0.1) is 11.3 Å². The lowest BCUT2D eigenvalue weighted by Crippen LogP contribution is -2.40.